The number of para-hydroxylation sites is 1. The first-order valence-corrected chi connectivity index (χ1v) is 6.08. The van der Waals surface area contributed by atoms with Crippen molar-refractivity contribution in [2.45, 2.75) is 13.0 Å². The lowest BCUT2D eigenvalue weighted by molar-refractivity contribution is -0.121. The maximum Gasteiger partial charge on any atom is 0.241 e. The highest BCUT2D eigenvalue weighted by Crippen LogP contribution is 2.22. The van der Waals surface area contributed by atoms with Gasteiger partial charge in [0, 0.05) is 19.5 Å². The minimum absolute atomic E-state index is 0.0892. The van der Waals surface area contributed by atoms with Crippen LogP contribution >= 0.6 is 0 Å². The third-order valence-corrected chi connectivity index (χ3v) is 2.82. The van der Waals surface area contributed by atoms with Gasteiger partial charge in [0.15, 0.2) is 0 Å². The Balaban J connectivity index is 2.43. The Kier molecular flexibility index (Phi) is 3.79. The number of likely N-dealkylation sites (N-methyl/N-ethyl adjacent to an activating group) is 1. The van der Waals surface area contributed by atoms with Gasteiger partial charge in [0.25, 0.3) is 0 Å². The first-order valence-electron chi connectivity index (χ1n) is 6.08. The number of benzene rings is 1. The molecule has 0 radical (unpaired) electrons. The number of fused-ring (bicyclic) bond motifs is 1. The van der Waals surface area contributed by atoms with Gasteiger partial charge in [0.1, 0.15) is 11.9 Å². The first kappa shape index (κ1) is 13.1. The quantitative estimate of drug-likeness (QED) is 0.769. The van der Waals surface area contributed by atoms with Gasteiger partial charge >= 0.3 is 0 Å². The molecule has 1 unspecified atom stereocenters. The van der Waals surface area contributed by atoms with Crippen molar-refractivity contribution >= 4 is 28.6 Å². The van der Waals surface area contributed by atoms with Gasteiger partial charge in [-0.3, -0.25) is 4.79 Å². The number of amides is 1. The lowest BCUT2D eigenvalue weighted by Gasteiger charge is -2.15. The normalized spacial score (nSPS) is 11.9. The zero-order chi connectivity index (χ0) is 13.8. The topological polar surface area (TPSA) is 78.9 Å². The third kappa shape index (κ3) is 2.73. The molecule has 6 heteroatoms. The fourth-order valence-electron chi connectivity index (χ4n) is 1.79. The van der Waals surface area contributed by atoms with Crippen molar-refractivity contribution in [1.29, 1.82) is 0 Å². The lowest BCUT2D eigenvalue weighted by atomic mass is 10.2. The number of carbonyl (C=O) groups is 1. The van der Waals surface area contributed by atoms with E-state index in [2.05, 4.69) is 25.9 Å². The van der Waals surface area contributed by atoms with Crippen LogP contribution in [-0.4, -0.2) is 36.0 Å². The number of rotatable bonds is 4. The molecule has 6 nitrogen and oxygen atoms in total. The van der Waals surface area contributed by atoms with Crippen LogP contribution in [0.2, 0.25) is 0 Å². The summed E-state index contributed by atoms with van der Waals surface area (Å²) in [7, 11) is 3.37. The second-order valence-electron chi connectivity index (χ2n) is 4.14. The molecule has 3 N–H and O–H groups in total. The zero-order valence-electron chi connectivity index (χ0n) is 11.2. The van der Waals surface area contributed by atoms with Gasteiger partial charge in [-0.2, -0.15) is 4.98 Å². The summed E-state index contributed by atoms with van der Waals surface area (Å²) < 4.78 is 0. The van der Waals surface area contributed by atoms with Crippen LogP contribution in [-0.2, 0) is 4.79 Å². The van der Waals surface area contributed by atoms with Crippen molar-refractivity contribution in [1.82, 2.24) is 15.3 Å². The number of carbonyl (C=O) groups excluding carboxylic acids is 1. The second-order valence-corrected chi connectivity index (χ2v) is 4.14. The molecule has 19 heavy (non-hydrogen) atoms. The number of hydrogen-bond acceptors (Lipinski definition) is 5. The van der Waals surface area contributed by atoms with Gasteiger partial charge in [-0.15, -0.1) is 0 Å². The zero-order valence-corrected chi connectivity index (χ0v) is 11.2. The minimum Gasteiger partial charge on any atom is -0.358 e. The summed E-state index contributed by atoms with van der Waals surface area (Å²) in [6.07, 6.45) is 0. The number of hydrogen-bond donors (Lipinski definition) is 3. The highest BCUT2D eigenvalue weighted by Gasteiger charge is 2.14. The fraction of sp³-hybridized carbons (Fsp3) is 0.308. The predicted octanol–water partition coefficient (Wildman–Crippen LogP) is 1.22. The Morgan fingerprint density at radius 3 is 2.63 bits per heavy atom. The second kappa shape index (κ2) is 5.51. The van der Waals surface area contributed by atoms with Gasteiger partial charge in [0.2, 0.25) is 11.9 Å². The molecule has 1 aromatic heterocycles. The van der Waals surface area contributed by atoms with Crippen LogP contribution in [0.25, 0.3) is 10.9 Å². The Morgan fingerprint density at radius 1 is 1.21 bits per heavy atom. The summed E-state index contributed by atoms with van der Waals surface area (Å²) in [4.78, 5) is 20.3. The molecule has 100 valence electrons. The Morgan fingerprint density at radius 2 is 1.95 bits per heavy atom. The number of nitrogens with zero attached hydrogens (tertiary/aromatic N) is 2. The molecule has 1 atom stereocenters. The lowest BCUT2D eigenvalue weighted by Crippen LogP contribution is -2.35. The van der Waals surface area contributed by atoms with Crippen molar-refractivity contribution in [3.63, 3.8) is 0 Å². The third-order valence-electron chi connectivity index (χ3n) is 2.82. The Labute approximate surface area is 111 Å². The molecule has 0 saturated carbocycles. The Bertz CT molecular complexity index is 599. The van der Waals surface area contributed by atoms with Crippen molar-refractivity contribution in [3.8, 4) is 0 Å². The van der Waals surface area contributed by atoms with Crippen molar-refractivity contribution < 1.29 is 4.79 Å². The van der Waals surface area contributed by atoms with E-state index >= 15 is 0 Å². The molecule has 1 amide bonds. The smallest absolute Gasteiger partial charge is 0.241 e. The van der Waals surface area contributed by atoms with Gasteiger partial charge in [-0.05, 0) is 19.1 Å². The van der Waals surface area contributed by atoms with Gasteiger partial charge in [-0.25, -0.2) is 4.98 Å². The fourth-order valence-corrected chi connectivity index (χ4v) is 1.79. The van der Waals surface area contributed by atoms with Gasteiger partial charge < -0.3 is 16.0 Å². The van der Waals surface area contributed by atoms with Crippen molar-refractivity contribution in [3.05, 3.63) is 24.3 Å². The summed E-state index contributed by atoms with van der Waals surface area (Å²) in [6, 6.07) is 7.30. The standard InChI is InChI=1S/C13H17N5O/c1-8(12(19)14-2)16-11-9-6-4-5-7-10(9)17-13(15-3)18-11/h4-8H,1-3H3,(H,14,19)(H2,15,16,17,18). The number of anilines is 2. The van der Waals surface area contributed by atoms with Crippen LogP contribution in [0.15, 0.2) is 24.3 Å². The molecule has 2 rings (SSSR count). The van der Waals surface area contributed by atoms with E-state index in [4.69, 9.17) is 0 Å². The average Bonchev–Trinajstić information content (AvgIpc) is 2.46. The minimum atomic E-state index is -0.368. The predicted molar refractivity (Wildman–Crippen MR) is 76.2 cm³/mol. The van der Waals surface area contributed by atoms with E-state index in [1.165, 1.54) is 0 Å². The van der Waals surface area contributed by atoms with Crippen LogP contribution < -0.4 is 16.0 Å². The molecule has 0 spiro atoms. The maximum atomic E-state index is 11.6. The van der Waals surface area contributed by atoms with E-state index in [-0.39, 0.29) is 11.9 Å². The monoisotopic (exact) mass is 259 g/mol. The average molecular weight is 259 g/mol. The van der Waals surface area contributed by atoms with E-state index in [0.29, 0.717) is 11.8 Å². The molecule has 0 aliphatic heterocycles. The highest BCUT2D eigenvalue weighted by molar-refractivity contribution is 5.92. The van der Waals surface area contributed by atoms with E-state index in [1.807, 2.05) is 24.3 Å². The molecule has 1 aromatic carbocycles. The van der Waals surface area contributed by atoms with Crippen LogP contribution in [0, 0.1) is 0 Å². The van der Waals surface area contributed by atoms with E-state index in [0.717, 1.165) is 10.9 Å². The molecular weight excluding hydrogens is 242 g/mol. The largest absolute Gasteiger partial charge is 0.358 e. The summed E-state index contributed by atoms with van der Waals surface area (Å²) >= 11 is 0. The molecular formula is C13H17N5O. The molecule has 0 fully saturated rings. The van der Waals surface area contributed by atoms with Gasteiger partial charge in [0.05, 0.1) is 5.52 Å². The SMILES string of the molecule is CNC(=O)C(C)Nc1nc(NC)nc2ccccc12. The highest BCUT2D eigenvalue weighted by atomic mass is 16.2. The summed E-state index contributed by atoms with van der Waals surface area (Å²) in [6.45, 7) is 1.79. The van der Waals surface area contributed by atoms with Crippen LogP contribution in [0.1, 0.15) is 6.92 Å². The maximum absolute atomic E-state index is 11.6. The summed E-state index contributed by atoms with van der Waals surface area (Å²) in [5, 5.41) is 9.51. The Hall–Kier alpha value is -2.37. The number of aromatic nitrogens is 2. The van der Waals surface area contributed by atoms with Crippen molar-refractivity contribution in [2.24, 2.45) is 0 Å². The molecule has 0 aliphatic carbocycles. The molecule has 2 aromatic rings. The van der Waals surface area contributed by atoms with E-state index in [9.17, 15) is 4.79 Å². The van der Waals surface area contributed by atoms with Crippen molar-refractivity contribution in [2.75, 3.05) is 24.7 Å². The summed E-state index contributed by atoms with van der Waals surface area (Å²) in [5.41, 5.74) is 0.827. The molecule has 0 saturated heterocycles. The summed E-state index contributed by atoms with van der Waals surface area (Å²) in [5.74, 6) is 1.07. The van der Waals surface area contributed by atoms with E-state index in [1.54, 1.807) is 21.0 Å². The van der Waals surface area contributed by atoms with E-state index < -0.39 is 0 Å². The first-order chi connectivity index (χ1) is 9.15. The van der Waals surface area contributed by atoms with Gasteiger partial charge in [-0.1, -0.05) is 12.1 Å². The van der Waals surface area contributed by atoms with Crippen LogP contribution in [0.4, 0.5) is 11.8 Å². The molecule has 0 aliphatic rings. The number of nitrogens with one attached hydrogen (secondary N) is 3. The van der Waals surface area contributed by atoms with Crippen LogP contribution in [0.5, 0.6) is 0 Å². The molecule has 0 bridgehead atoms. The molecule has 1 heterocycles. The van der Waals surface area contributed by atoms with Crippen LogP contribution in [0.3, 0.4) is 0 Å².